The topological polar surface area (TPSA) is 133 Å². The van der Waals surface area contributed by atoms with Gasteiger partial charge < -0.3 is 11.1 Å². The highest BCUT2D eigenvalue weighted by atomic mass is 16.6. The summed E-state index contributed by atoms with van der Waals surface area (Å²) in [6.45, 7) is 1.48. The number of hydrogen-bond acceptors (Lipinski definition) is 5. The lowest BCUT2D eigenvalue weighted by molar-refractivity contribution is -0.385. The van der Waals surface area contributed by atoms with Crippen LogP contribution in [0, 0.1) is 17.0 Å². The van der Waals surface area contributed by atoms with Crippen LogP contribution in [0.25, 0.3) is 0 Å². The molecule has 114 valence electrons. The van der Waals surface area contributed by atoms with Gasteiger partial charge in [0.05, 0.1) is 16.8 Å². The van der Waals surface area contributed by atoms with Crippen LogP contribution in [-0.4, -0.2) is 26.5 Å². The van der Waals surface area contributed by atoms with Gasteiger partial charge in [-0.2, -0.15) is 5.10 Å². The maximum Gasteiger partial charge on any atom is 0.273 e. The first-order chi connectivity index (χ1) is 10.3. The highest BCUT2D eigenvalue weighted by molar-refractivity contribution is 6.09. The zero-order chi connectivity index (χ0) is 16.4. The van der Waals surface area contributed by atoms with E-state index in [2.05, 4.69) is 10.4 Å². The number of carbonyl (C=O) groups is 2. The second-order valence-electron chi connectivity index (χ2n) is 4.56. The van der Waals surface area contributed by atoms with Crippen molar-refractivity contribution in [1.29, 1.82) is 0 Å². The van der Waals surface area contributed by atoms with Crippen molar-refractivity contribution >= 4 is 23.2 Å². The van der Waals surface area contributed by atoms with E-state index in [0.29, 0.717) is 0 Å². The number of nitro groups is 1. The van der Waals surface area contributed by atoms with E-state index in [1.165, 1.54) is 43.0 Å². The van der Waals surface area contributed by atoms with Crippen LogP contribution in [-0.2, 0) is 7.05 Å². The third-order valence-corrected chi connectivity index (χ3v) is 3.17. The van der Waals surface area contributed by atoms with Gasteiger partial charge in [-0.15, -0.1) is 0 Å². The number of amides is 2. The Morgan fingerprint density at radius 3 is 2.68 bits per heavy atom. The second-order valence-corrected chi connectivity index (χ2v) is 4.56. The maximum atomic E-state index is 12.3. The summed E-state index contributed by atoms with van der Waals surface area (Å²) >= 11 is 0. The van der Waals surface area contributed by atoms with Crippen LogP contribution >= 0.6 is 0 Å². The first-order valence-corrected chi connectivity index (χ1v) is 6.20. The Morgan fingerprint density at radius 2 is 2.09 bits per heavy atom. The van der Waals surface area contributed by atoms with Gasteiger partial charge in [0.15, 0.2) is 0 Å². The molecule has 0 aliphatic carbocycles. The summed E-state index contributed by atoms with van der Waals surface area (Å²) in [5.74, 6) is -1.33. The summed E-state index contributed by atoms with van der Waals surface area (Å²) in [5.41, 5.74) is 5.62. The maximum absolute atomic E-state index is 12.3. The molecule has 0 spiro atoms. The molecule has 9 nitrogen and oxygen atoms in total. The summed E-state index contributed by atoms with van der Waals surface area (Å²) in [6, 6.07) is 4.18. The molecule has 0 unspecified atom stereocenters. The van der Waals surface area contributed by atoms with Gasteiger partial charge in [-0.3, -0.25) is 24.4 Å². The molecule has 1 aromatic heterocycles. The number of benzene rings is 1. The molecule has 2 amide bonds. The summed E-state index contributed by atoms with van der Waals surface area (Å²) in [4.78, 5) is 34.0. The fourth-order valence-electron chi connectivity index (χ4n) is 2.08. The molecule has 0 saturated carbocycles. The molecular weight excluding hydrogens is 290 g/mol. The minimum atomic E-state index is -0.744. The van der Waals surface area contributed by atoms with Gasteiger partial charge >= 0.3 is 0 Å². The number of hydrogen-bond donors (Lipinski definition) is 2. The minimum absolute atomic E-state index is 0.0384. The molecule has 2 rings (SSSR count). The normalized spacial score (nSPS) is 10.3. The summed E-state index contributed by atoms with van der Waals surface area (Å²) in [5, 5.41) is 17.2. The van der Waals surface area contributed by atoms with Gasteiger partial charge in [0.2, 0.25) is 0 Å². The molecule has 0 bridgehead atoms. The van der Waals surface area contributed by atoms with Crippen molar-refractivity contribution in [3.8, 4) is 0 Å². The van der Waals surface area contributed by atoms with Gasteiger partial charge in [0.25, 0.3) is 17.5 Å². The van der Waals surface area contributed by atoms with Gasteiger partial charge in [0, 0.05) is 24.2 Å². The number of primary amides is 1. The smallest absolute Gasteiger partial charge is 0.273 e. The molecular formula is C13H13N5O4. The Kier molecular flexibility index (Phi) is 3.89. The highest BCUT2D eigenvalue weighted by Gasteiger charge is 2.21. The molecule has 0 saturated heterocycles. The van der Waals surface area contributed by atoms with Crippen molar-refractivity contribution in [3.63, 3.8) is 0 Å². The van der Waals surface area contributed by atoms with E-state index in [-0.39, 0.29) is 28.2 Å². The van der Waals surface area contributed by atoms with Crippen molar-refractivity contribution in [1.82, 2.24) is 9.78 Å². The number of nitrogens with one attached hydrogen (secondary N) is 1. The number of rotatable bonds is 4. The Labute approximate surface area is 124 Å². The third kappa shape index (κ3) is 2.64. The molecule has 0 atom stereocenters. The Morgan fingerprint density at radius 1 is 1.41 bits per heavy atom. The standard InChI is InChI=1S/C13H13N5O4/c1-7-8(4-3-5-10(7)18(21)22)13(20)16-9-6-15-17(2)11(9)12(14)19/h3-6H,1-2H3,(H2,14,19)(H,16,20). The van der Waals surface area contributed by atoms with Crippen molar-refractivity contribution in [2.45, 2.75) is 6.92 Å². The summed E-state index contributed by atoms with van der Waals surface area (Å²) in [6.07, 6.45) is 1.28. The lowest BCUT2D eigenvalue weighted by Crippen LogP contribution is -2.20. The Hall–Kier alpha value is -3.23. The first kappa shape index (κ1) is 15.2. The Balaban J connectivity index is 2.37. The van der Waals surface area contributed by atoms with E-state index >= 15 is 0 Å². The summed E-state index contributed by atoms with van der Waals surface area (Å²) < 4.78 is 1.23. The second kappa shape index (κ2) is 5.64. The predicted molar refractivity (Wildman–Crippen MR) is 77.5 cm³/mol. The number of carbonyl (C=O) groups excluding carboxylic acids is 2. The van der Waals surface area contributed by atoms with Crippen LogP contribution in [0.2, 0.25) is 0 Å². The summed E-state index contributed by atoms with van der Waals surface area (Å²) in [7, 11) is 1.51. The zero-order valence-corrected chi connectivity index (χ0v) is 11.9. The molecule has 3 N–H and O–H groups in total. The quantitative estimate of drug-likeness (QED) is 0.641. The van der Waals surface area contributed by atoms with E-state index < -0.39 is 16.7 Å². The molecule has 0 aliphatic rings. The van der Waals surface area contributed by atoms with Crippen molar-refractivity contribution in [2.75, 3.05) is 5.32 Å². The van der Waals surface area contributed by atoms with Gasteiger partial charge in [-0.05, 0) is 13.0 Å². The fraction of sp³-hybridized carbons (Fsp3) is 0.154. The molecule has 22 heavy (non-hydrogen) atoms. The number of nitrogens with zero attached hydrogens (tertiary/aromatic N) is 3. The first-order valence-electron chi connectivity index (χ1n) is 6.20. The lowest BCUT2D eigenvalue weighted by atomic mass is 10.1. The van der Waals surface area contributed by atoms with Crippen LogP contribution in [0.3, 0.4) is 0 Å². The largest absolute Gasteiger partial charge is 0.364 e. The number of anilines is 1. The molecule has 1 heterocycles. The van der Waals surface area contributed by atoms with Crippen LogP contribution in [0.15, 0.2) is 24.4 Å². The monoisotopic (exact) mass is 303 g/mol. The van der Waals surface area contributed by atoms with E-state index in [1.54, 1.807) is 0 Å². The SMILES string of the molecule is Cc1c(C(=O)Nc2cnn(C)c2C(N)=O)cccc1[N+](=O)[O-]. The molecule has 1 aromatic carbocycles. The van der Waals surface area contributed by atoms with Crippen molar-refractivity contribution < 1.29 is 14.5 Å². The van der Waals surface area contributed by atoms with E-state index in [0.717, 1.165) is 0 Å². The minimum Gasteiger partial charge on any atom is -0.364 e. The number of aryl methyl sites for hydroxylation is 1. The van der Waals surface area contributed by atoms with Crippen LogP contribution < -0.4 is 11.1 Å². The van der Waals surface area contributed by atoms with Gasteiger partial charge in [0.1, 0.15) is 5.69 Å². The van der Waals surface area contributed by atoms with Gasteiger partial charge in [-0.1, -0.05) is 6.07 Å². The third-order valence-electron chi connectivity index (χ3n) is 3.17. The van der Waals surface area contributed by atoms with E-state index in [9.17, 15) is 19.7 Å². The number of aromatic nitrogens is 2. The number of nitrogens with two attached hydrogens (primary N) is 1. The molecule has 9 heteroatoms. The van der Waals surface area contributed by atoms with E-state index in [1.807, 2.05) is 0 Å². The van der Waals surface area contributed by atoms with Gasteiger partial charge in [-0.25, -0.2) is 0 Å². The zero-order valence-electron chi connectivity index (χ0n) is 11.9. The molecule has 0 aliphatic heterocycles. The average molecular weight is 303 g/mol. The fourth-order valence-corrected chi connectivity index (χ4v) is 2.08. The predicted octanol–water partition coefficient (Wildman–Crippen LogP) is 0.988. The average Bonchev–Trinajstić information content (AvgIpc) is 2.79. The van der Waals surface area contributed by atoms with Crippen molar-refractivity contribution in [2.24, 2.45) is 12.8 Å². The Bertz CT molecular complexity index is 781. The molecule has 0 radical (unpaired) electrons. The molecule has 2 aromatic rings. The van der Waals surface area contributed by atoms with E-state index in [4.69, 9.17) is 5.73 Å². The van der Waals surface area contributed by atoms with Crippen LogP contribution in [0.4, 0.5) is 11.4 Å². The molecule has 0 fully saturated rings. The van der Waals surface area contributed by atoms with Crippen molar-refractivity contribution in [3.05, 3.63) is 51.3 Å². The lowest BCUT2D eigenvalue weighted by Gasteiger charge is -2.08. The number of nitro benzene ring substituents is 1. The highest BCUT2D eigenvalue weighted by Crippen LogP contribution is 2.22. The van der Waals surface area contributed by atoms with Crippen LogP contribution in [0.1, 0.15) is 26.4 Å². The van der Waals surface area contributed by atoms with Crippen LogP contribution in [0.5, 0.6) is 0 Å².